The van der Waals surface area contributed by atoms with Crippen LogP contribution in [0.4, 0.5) is 0 Å². The molecular weight excluding hydrogens is 244 g/mol. The van der Waals surface area contributed by atoms with Gasteiger partial charge in [-0.05, 0) is 36.5 Å². The van der Waals surface area contributed by atoms with Gasteiger partial charge in [0.15, 0.2) is 5.60 Å². The zero-order valence-electron chi connectivity index (χ0n) is 13.1. The Morgan fingerprint density at radius 3 is 1.74 bits per heavy atom. The SMILES string of the molecule is CC(C)CC(C)C(O)C(O)(C(=O)O)C(C)CC(C)C. The molecule has 4 atom stereocenters. The monoisotopic (exact) mass is 274 g/mol. The maximum Gasteiger partial charge on any atom is 0.338 e. The van der Waals surface area contributed by atoms with Crippen molar-refractivity contribution in [2.45, 2.75) is 66.1 Å². The van der Waals surface area contributed by atoms with E-state index < -0.39 is 23.6 Å². The average molecular weight is 274 g/mol. The summed E-state index contributed by atoms with van der Waals surface area (Å²) in [6.07, 6.45) is 0.000483. The number of hydrogen-bond acceptors (Lipinski definition) is 3. The van der Waals surface area contributed by atoms with Crippen LogP contribution in [0.2, 0.25) is 0 Å². The summed E-state index contributed by atoms with van der Waals surface area (Å²) < 4.78 is 0. The van der Waals surface area contributed by atoms with Crippen molar-refractivity contribution in [2.75, 3.05) is 0 Å². The fourth-order valence-electron chi connectivity index (χ4n) is 2.82. The number of rotatable bonds is 8. The maximum absolute atomic E-state index is 11.5. The van der Waals surface area contributed by atoms with Gasteiger partial charge in [-0.2, -0.15) is 0 Å². The van der Waals surface area contributed by atoms with Crippen LogP contribution in [-0.4, -0.2) is 33.0 Å². The minimum absolute atomic E-state index is 0.254. The standard InChI is InChI=1S/C15H30O4/c1-9(2)7-11(5)13(16)15(19,14(17)18)12(6)8-10(3)4/h9-13,16,19H,7-8H2,1-6H3,(H,17,18). The van der Waals surface area contributed by atoms with Crippen LogP contribution in [0.5, 0.6) is 0 Å². The van der Waals surface area contributed by atoms with Crippen molar-refractivity contribution in [1.82, 2.24) is 0 Å². The molecule has 0 saturated carbocycles. The molecule has 0 aromatic heterocycles. The van der Waals surface area contributed by atoms with Gasteiger partial charge in [0.25, 0.3) is 0 Å². The first-order valence-corrected chi connectivity index (χ1v) is 7.17. The molecule has 0 aliphatic heterocycles. The minimum Gasteiger partial charge on any atom is -0.479 e. The molecule has 4 heteroatoms. The summed E-state index contributed by atoms with van der Waals surface area (Å²) in [5, 5.41) is 30.2. The Hall–Kier alpha value is -0.610. The summed E-state index contributed by atoms with van der Waals surface area (Å²) in [6, 6.07) is 0. The van der Waals surface area contributed by atoms with Crippen molar-refractivity contribution in [3.8, 4) is 0 Å². The van der Waals surface area contributed by atoms with E-state index in [4.69, 9.17) is 0 Å². The molecule has 3 N–H and O–H groups in total. The molecule has 0 saturated heterocycles. The summed E-state index contributed by atoms with van der Waals surface area (Å²) in [5.41, 5.74) is -2.07. The van der Waals surface area contributed by atoms with Crippen LogP contribution in [0.25, 0.3) is 0 Å². The van der Waals surface area contributed by atoms with Gasteiger partial charge in [0, 0.05) is 0 Å². The summed E-state index contributed by atoms with van der Waals surface area (Å²) in [4.78, 5) is 11.5. The molecule has 0 heterocycles. The maximum atomic E-state index is 11.5. The summed E-state index contributed by atoms with van der Waals surface area (Å²) in [5.74, 6) is -1.45. The topological polar surface area (TPSA) is 77.8 Å². The van der Waals surface area contributed by atoms with E-state index in [-0.39, 0.29) is 11.8 Å². The van der Waals surface area contributed by atoms with Gasteiger partial charge >= 0.3 is 5.97 Å². The van der Waals surface area contributed by atoms with Crippen molar-refractivity contribution in [1.29, 1.82) is 0 Å². The molecule has 0 aliphatic rings. The fourth-order valence-corrected chi connectivity index (χ4v) is 2.82. The third-order valence-electron chi connectivity index (χ3n) is 3.75. The van der Waals surface area contributed by atoms with Crippen molar-refractivity contribution < 1.29 is 20.1 Å². The Morgan fingerprint density at radius 2 is 1.42 bits per heavy atom. The molecule has 114 valence electrons. The van der Waals surface area contributed by atoms with Gasteiger partial charge in [0.2, 0.25) is 0 Å². The van der Waals surface area contributed by atoms with Crippen molar-refractivity contribution in [3.05, 3.63) is 0 Å². The van der Waals surface area contributed by atoms with Crippen LogP contribution in [0.3, 0.4) is 0 Å². The van der Waals surface area contributed by atoms with E-state index in [0.29, 0.717) is 18.8 Å². The second-order valence-electron chi connectivity index (χ2n) is 6.71. The Bertz CT molecular complexity index is 288. The summed E-state index contributed by atoms with van der Waals surface area (Å²) >= 11 is 0. The van der Waals surface area contributed by atoms with E-state index in [2.05, 4.69) is 0 Å². The second kappa shape index (κ2) is 7.25. The smallest absolute Gasteiger partial charge is 0.338 e. The average Bonchev–Trinajstić information content (AvgIpc) is 2.24. The van der Waals surface area contributed by atoms with Gasteiger partial charge in [-0.3, -0.25) is 0 Å². The van der Waals surface area contributed by atoms with Gasteiger partial charge in [-0.1, -0.05) is 41.5 Å². The van der Waals surface area contributed by atoms with Crippen LogP contribution < -0.4 is 0 Å². The van der Waals surface area contributed by atoms with Gasteiger partial charge in [0.1, 0.15) is 0 Å². The van der Waals surface area contributed by atoms with E-state index in [9.17, 15) is 20.1 Å². The zero-order chi connectivity index (χ0) is 15.4. The predicted molar refractivity (Wildman–Crippen MR) is 75.8 cm³/mol. The lowest BCUT2D eigenvalue weighted by atomic mass is 9.74. The van der Waals surface area contributed by atoms with Crippen LogP contribution in [0.15, 0.2) is 0 Å². The molecule has 4 unspecified atom stereocenters. The number of carboxylic acid groups (broad SMARTS) is 1. The Labute approximate surface area is 116 Å². The van der Waals surface area contributed by atoms with Gasteiger partial charge in [-0.15, -0.1) is 0 Å². The molecule has 0 amide bonds. The van der Waals surface area contributed by atoms with Crippen LogP contribution in [-0.2, 0) is 4.79 Å². The minimum atomic E-state index is -2.07. The normalized spacial score (nSPS) is 20.1. The van der Waals surface area contributed by atoms with E-state index in [1.807, 2.05) is 27.7 Å². The first kappa shape index (κ1) is 18.4. The van der Waals surface area contributed by atoms with Gasteiger partial charge in [-0.25, -0.2) is 4.79 Å². The molecular formula is C15H30O4. The summed E-state index contributed by atoms with van der Waals surface area (Å²) in [7, 11) is 0. The molecule has 0 rings (SSSR count). The molecule has 0 radical (unpaired) electrons. The molecule has 0 fully saturated rings. The van der Waals surface area contributed by atoms with Crippen LogP contribution >= 0.6 is 0 Å². The summed E-state index contributed by atoms with van der Waals surface area (Å²) in [6.45, 7) is 11.5. The van der Waals surface area contributed by atoms with E-state index in [0.717, 1.165) is 0 Å². The number of aliphatic hydroxyl groups is 2. The lowest BCUT2D eigenvalue weighted by molar-refractivity contribution is -0.188. The Morgan fingerprint density at radius 1 is 1.00 bits per heavy atom. The quantitative estimate of drug-likeness (QED) is 0.635. The van der Waals surface area contributed by atoms with Gasteiger partial charge < -0.3 is 15.3 Å². The molecule has 0 aromatic rings. The van der Waals surface area contributed by atoms with Crippen molar-refractivity contribution in [2.24, 2.45) is 23.7 Å². The van der Waals surface area contributed by atoms with E-state index >= 15 is 0 Å². The number of carboxylic acids is 1. The third-order valence-corrected chi connectivity index (χ3v) is 3.75. The highest BCUT2D eigenvalue weighted by Crippen LogP contribution is 2.33. The van der Waals surface area contributed by atoms with E-state index in [1.54, 1.807) is 13.8 Å². The van der Waals surface area contributed by atoms with Gasteiger partial charge in [0.05, 0.1) is 6.10 Å². The molecule has 19 heavy (non-hydrogen) atoms. The van der Waals surface area contributed by atoms with Crippen LogP contribution in [0, 0.1) is 23.7 Å². The third kappa shape index (κ3) is 4.77. The highest BCUT2D eigenvalue weighted by molar-refractivity contribution is 5.78. The predicted octanol–water partition coefficient (Wildman–Crippen LogP) is 2.53. The number of aliphatic hydroxyl groups excluding tert-OH is 1. The highest BCUT2D eigenvalue weighted by Gasteiger charge is 2.50. The number of carbonyl (C=O) groups is 1. The first-order valence-electron chi connectivity index (χ1n) is 7.17. The molecule has 0 aromatic carbocycles. The first-order chi connectivity index (χ1) is 8.53. The number of aliphatic carboxylic acids is 1. The highest BCUT2D eigenvalue weighted by atomic mass is 16.4. The lowest BCUT2D eigenvalue weighted by Crippen LogP contribution is -2.57. The van der Waals surface area contributed by atoms with E-state index in [1.165, 1.54) is 0 Å². The Balaban J connectivity index is 5.11. The molecule has 0 bridgehead atoms. The van der Waals surface area contributed by atoms with Crippen LogP contribution in [0.1, 0.15) is 54.4 Å². The largest absolute Gasteiger partial charge is 0.479 e. The lowest BCUT2D eigenvalue weighted by Gasteiger charge is -2.38. The number of hydrogen-bond donors (Lipinski definition) is 3. The molecule has 0 aliphatic carbocycles. The van der Waals surface area contributed by atoms with Crippen molar-refractivity contribution >= 4 is 5.97 Å². The Kier molecular flexibility index (Phi) is 7.01. The molecule has 0 spiro atoms. The fraction of sp³-hybridized carbons (Fsp3) is 0.933. The second-order valence-corrected chi connectivity index (χ2v) is 6.71. The molecule has 4 nitrogen and oxygen atoms in total. The zero-order valence-corrected chi connectivity index (χ0v) is 13.1. The van der Waals surface area contributed by atoms with Crippen molar-refractivity contribution in [3.63, 3.8) is 0 Å².